The molecule has 3 heterocycles. The van der Waals surface area contributed by atoms with Gasteiger partial charge < -0.3 is 28.6 Å². The summed E-state index contributed by atoms with van der Waals surface area (Å²) in [6, 6.07) is 9.04. The molecule has 2 aliphatic heterocycles. The molecule has 0 bridgehead atoms. The van der Waals surface area contributed by atoms with Gasteiger partial charge in [0, 0.05) is 68.9 Å². The summed E-state index contributed by atoms with van der Waals surface area (Å²) in [7, 11) is -3.79. The van der Waals surface area contributed by atoms with Crippen molar-refractivity contribution in [2.75, 3.05) is 75.5 Å². The zero-order valence-electron chi connectivity index (χ0n) is 32.4. The highest BCUT2D eigenvalue weighted by molar-refractivity contribution is 8.00. The molecule has 1 aromatic heterocycles. The van der Waals surface area contributed by atoms with Gasteiger partial charge in [-0.25, -0.2) is 13.2 Å². The van der Waals surface area contributed by atoms with E-state index in [9.17, 15) is 26.8 Å². The number of hydrogen-bond acceptors (Lipinski definition) is 12. The fourth-order valence-corrected chi connectivity index (χ4v) is 9.30. The maximum absolute atomic E-state index is 14.5. The van der Waals surface area contributed by atoms with Crippen LogP contribution in [0, 0.1) is 11.8 Å². The molecule has 2 atom stereocenters. The Morgan fingerprint density at radius 2 is 1.66 bits per heavy atom. The molecule has 2 aliphatic carbocycles. The number of carbonyl (C=O) groups is 2. The molecule has 2 saturated heterocycles. The van der Waals surface area contributed by atoms with Crippen molar-refractivity contribution in [3.63, 3.8) is 0 Å². The second-order valence-corrected chi connectivity index (χ2v) is 18.9. The Morgan fingerprint density at radius 1 is 0.966 bits per heavy atom. The Balaban J connectivity index is 1.16. The summed E-state index contributed by atoms with van der Waals surface area (Å²) in [5.41, 5.74) is 1.24. The SMILES string of the molecule is CS(=O)(=O)N(CCN1CCOCC1)c1cc(OCC2CC2)cc(C(=O)N2CCSC2C(=O)OC(Cc2c(Cl)cncc2Cl)c2ccc(OC(F)F)c(OCC3CC3)c2)c1. The van der Waals surface area contributed by atoms with Crippen LogP contribution in [0.4, 0.5) is 14.5 Å². The molecule has 19 heteroatoms. The van der Waals surface area contributed by atoms with Crippen molar-refractivity contribution in [1.82, 2.24) is 14.8 Å². The molecule has 0 radical (unpaired) electrons. The third-order valence-electron chi connectivity index (χ3n) is 10.4. The number of carbonyl (C=O) groups excluding carboxylic acids is 2. The van der Waals surface area contributed by atoms with Gasteiger partial charge in [-0.1, -0.05) is 29.3 Å². The summed E-state index contributed by atoms with van der Waals surface area (Å²) < 4.78 is 82.9. The van der Waals surface area contributed by atoms with Crippen LogP contribution >= 0.6 is 35.0 Å². The van der Waals surface area contributed by atoms with E-state index in [0.717, 1.165) is 31.9 Å². The minimum absolute atomic E-state index is 0.0239. The lowest BCUT2D eigenvalue weighted by Crippen LogP contribution is -2.43. The Hall–Kier alpha value is -3.61. The lowest BCUT2D eigenvalue weighted by Gasteiger charge is -2.30. The number of hydrogen-bond donors (Lipinski definition) is 0. The predicted octanol–water partition coefficient (Wildman–Crippen LogP) is 6.71. The number of nitrogens with zero attached hydrogens (tertiary/aromatic N) is 4. The minimum Gasteiger partial charge on any atom is -0.493 e. The number of esters is 1. The first-order valence-electron chi connectivity index (χ1n) is 19.5. The van der Waals surface area contributed by atoms with E-state index >= 15 is 0 Å². The fraction of sp³-hybridized carbons (Fsp3) is 0.525. The van der Waals surface area contributed by atoms with Crippen LogP contribution in [0.25, 0.3) is 0 Å². The van der Waals surface area contributed by atoms with Crippen molar-refractivity contribution in [2.24, 2.45) is 11.8 Å². The van der Waals surface area contributed by atoms with Crippen molar-refractivity contribution < 1.29 is 50.5 Å². The molecule has 4 aliphatic rings. The van der Waals surface area contributed by atoms with Crippen LogP contribution in [-0.2, 0) is 30.7 Å². The van der Waals surface area contributed by atoms with Crippen LogP contribution in [0.1, 0.15) is 53.3 Å². The smallest absolute Gasteiger partial charge is 0.387 e. The molecule has 3 aromatic rings. The van der Waals surface area contributed by atoms with Crippen molar-refractivity contribution in [3.8, 4) is 17.2 Å². The lowest BCUT2D eigenvalue weighted by atomic mass is 10.0. The molecule has 7 rings (SSSR count). The Labute approximate surface area is 356 Å². The third-order valence-corrected chi connectivity index (χ3v) is 13.4. The van der Waals surface area contributed by atoms with Gasteiger partial charge in [-0.3, -0.25) is 19.0 Å². The average molecular weight is 900 g/mol. The Morgan fingerprint density at radius 3 is 2.32 bits per heavy atom. The summed E-state index contributed by atoms with van der Waals surface area (Å²) in [6.07, 6.45) is 6.82. The van der Waals surface area contributed by atoms with E-state index in [4.69, 9.17) is 46.9 Å². The van der Waals surface area contributed by atoms with E-state index in [-0.39, 0.29) is 52.3 Å². The number of morpholine rings is 1. The molecule has 0 spiro atoms. The van der Waals surface area contributed by atoms with Crippen LogP contribution < -0.4 is 18.5 Å². The number of ether oxygens (including phenoxy) is 5. The molecular weight excluding hydrogens is 853 g/mol. The van der Waals surface area contributed by atoms with Crippen molar-refractivity contribution in [2.45, 2.75) is 50.2 Å². The molecule has 0 N–H and O–H groups in total. The van der Waals surface area contributed by atoms with Gasteiger partial charge in [-0.05, 0) is 72.9 Å². The molecule has 2 unspecified atom stereocenters. The first kappa shape index (κ1) is 43.5. The van der Waals surface area contributed by atoms with Crippen LogP contribution in [0.5, 0.6) is 17.2 Å². The third kappa shape index (κ3) is 11.8. The van der Waals surface area contributed by atoms with Gasteiger partial charge in [0.1, 0.15) is 11.9 Å². The minimum atomic E-state index is -3.79. The van der Waals surface area contributed by atoms with Gasteiger partial charge in [0.25, 0.3) is 5.91 Å². The average Bonchev–Trinajstić information content (AvgIpc) is 4.15. The van der Waals surface area contributed by atoms with Crippen LogP contribution in [0.15, 0.2) is 48.8 Å². The summed E-state index contributed by atoms with van der Waals surface area (Å²) in [5.74, 6) is 0.0691. The number of amides is 1. The van der Waals surface area contributed by atoms with Gasteiger partial charge in [0.2, 0.25) is 10.0 Å². The number of halogens is 4. The first-order valence-corrected chi connectivity index (χ1v) is 23.2. The van der Waals surface area contributed by atoms with Gasteiger partial charge in [-0.2, -0.15) is 8.78 Å². The second kappa shape index (κ2) is 19.4. The number of aromatic nitrogens is 1. The van der Waals surface area contributed by atoms with Crippen LogP contribution in [0.3, 0.4) is 0 Å². The van der Waals surface area contributed by atoms with Crippen LogP contribution in [0.2, 0.25) is 10.0 Å². The molecular formula is C40H46Cl2F2N4O9S2. The number of benzene rings is 2. The molecule has 13 nitrogen and oxygen atoms in total. The molecule has 2 aromatic carbocycles. The molecule has 320 valence electrons. The van der Waals surface area contributed by atoms with E-state index in [1.54, 1.807) is 12.1 Å². The van der Waals surface area contributed by atoms with E-state index in [0.29, 0.717) is 80.5 Å². The summed E-state index contributed by atoms with van der Waals surface area (Å²) in [4.78, 5) is 36.2. The maximum atomic E-state index is 14.5. The Kier molecular flexibility index (Phi) is 14.3. The zero-order valence-corrected chi connectivity index (χ0v) is 35.5. The molecule has 2 saturated carbocycles. The normalized spacial score (nSPS) is 19.1. The van der Waals surface area contributed by atoms with E-state index in [2.05, 4.69) is 9.88 Å². The summed E-state index contributed by atoms with van der Waals surface area (Å²) >= 11 is 14.2. The van der Waals surface area contributed by atoms with E-state index in [1.165, 1.54) is 57.6 Å². The molecule has 59 heavy (non-hydrogen) atoms. The number of rotatable bonds is 19. The zero-order chi connectivity index (χ0) is 41.7. The number of sulfonamides is 1. The second-order valence-electron chi connectivity index (χ2n) is 15.0. The lowest BCUT2D eigenvalue weighted by molar-refractivity contribution is -0.151. The number of anilines is 1. The van der Waals surface area contributed by atoms with E-state index < -0.39 is 40.0 Å². The fourth-order valence-electron chi connectivity index (χ4n) is 6.78. The molecule has 4 fully saturated rings. The van der Waals surface area contributed by atoms with Gasteiger partial charge in [-0.15, -0.1) is 11.8 Å². The number of thioether (sulfide) groups is 1. The van der Waals surface area contributed by atoms with Crippen molar-refractivity contribution in [1.29, 1.82) is 0 Å². The highest BCUT2D eigenvalue weighted by Crippen LogP contribution is 2.39. The van der Waals surface area contributed by atoms with Gasteiger partial charge in [0.15, 0.2) is 16.9 Å². The topological polar surface area (TPSA) is 137 Å². The number of alkyl halides is 2. The van der Waals surface area contributed by atoms with Crippen molar-refractivity contribution in [3.05, 3.63) is 75.5 Å². The largest absolute Gasteiger partial charge is 0.493 e. The highest BCUT2D eigenvalue weighted by atomic mass is 35.5. The standard InChI is InChI=1S/C40H46Cl2F2N4O9S2/c1-59(51,52)48(9-8-46-10-13-53-14-11-46)29-16-28(17-30(19-29)54-23-25-2-3-25)37(49)47-12-15-58-38(47)39(50)56-35(20-31-32(41)21-45-22-33(31)42)27-6-7-34(57-40(43)44)36(18-27)55-24-26-4-5-26/h6-7,16-19,21-22,25-26,35,38,40H,2-5,8-15,20,23-24H2,1H3. The predicted molar refractivity (Wildman–Crippen MR) is 219 cm³/mol. The van der Waals surface area contributed by atoms with Crippen molar-refractivity contribution >= 4 is 62.6 Å². The highest BCUT2D eigenvalue weighted by Gasteiger charge is 2.39. The summed E-state index contributed by atoms with van der Waals surface area (Å²) in [6.45, 7) is 0.891. The monoisotopic (exact) mass is 898 g/mol. The van der Waals surface area contributed by atoms with Crippen LogP contribution in [-0.4, -0.2) is 118 Å². The quantitative estimate of drug-likeness (QED) is 0.118. The van der Waals surface area contributed by atoms with E-state index in [1.807, 2.05) is 0 Å². The van der Waals surface area contributed by atoms with Gasteiger partial charge in [0.05, 0.1) is 48.4 Å². The summed E-state index contributed by atoms with van der Waals surface area (Å²) in [5, 5.41) is -0.644. The maximum Gasteiger partial charge on any atom is 0.387 e. The van der Waals surface area contributed by atoms with Gasteiger partial charge >= 0.3 is 12.6 Å². The molecule has 1 amide bonds. The first-order chi connectivity index (χ1) is 28.3. The Bertz CT molecular complexity index is 2070. The number of pyridine rings is 1.